The molecule has 1 amide bonds. The highest BCUT2D eigenvalue weighted by Crippen LogP contribution is 2.08. The third-order valence-corrected chi connectivity index (χ3v) is 2.33. The fourth-order valence-corrected chi connectivity index (χ4v) is 1.47. The van der Waals surface area contributed by atoms with Crippen molar-refractivity contribution in [2.24, 2.45) is 0 Å². The van der Waals surface area contributed by atoms with E-state index in [2.05, 4.69) is 10.3 Å². The fourth-order valence-electron chi connectivity index (χ4n) is 1.47. The lowest BCUT2D eigenvalue weighted by Gasteiger charge is -2.21. The molecule has 1 aromatic rings. The first-order chi connectivity index (χ1) is 8.66. The second-order valence-corrected chi connectivity index (χ2v) is 3.64. The molecule has 0 aliphatic carbocycles. The third-order valence-electron chi connectivity index (χ3n) is 2.33. The van der Waals surface area contributed by atoms with Crippen LogP contribution in [0, 0.1) is 0 Å². The number of rotatable bonds is 3. The van der Waals surface area contributed by atoms with E-state index in [1.54, 1.807) is 0 Å². The minimum Gasteiger partial charge on any atom is -0.477 e. The quantitative estimate of drug-likeness (QED) is 0.793. The Morgan fingerprint density at radius 2 is 2.22 bits per heavy atom. The number of pyridine rings is 1. The maximum absolute atomic E-state index is 11.7. The van der Waals surface area contributed by atoms with E-state index in [0.717, 1.165) is 0 Å². The van der Waals surface area contributed by atoms with Gasteiger partial charge in [0.25, 0.3) is 5.91 Å². The SMILES string of the molecule is O=C(O)c1cccc(NC(=O)C2COCCO2)n1. The fraction of sp³-hybridized carbons (Fsp3) is 0.364. The molecule has 1 unspecified atom stereocenters. The van der Waals surface area contributed by atoms with Crippen molar-refractivity contribution in [1.29, 1.82) is 0 Å². The number of aromatic nitrogens is 1. The summed E-state index contributed by atoms with van der Waals surface area (Å²) < 4.78 is 10.3. The van der Waals surface area contributed by atoms with E-state index in [9.17, 15) is 9.59 Å². The van der Waals surface area contributed by atoms with Gasteiger partial charge in [-0.05, 0) is 12.1 Å². The molecule has 7 heteroatoms. The Bertz CT molecular complexity index is 457. The first-order valence-electron chi connectivity index (χ1n) is 5.37. The van der Waals surface area contributed by atoms with Gasteiger partial charge in [0.05, 0.1) is 19.8 Å². The molecule has 1 aromatic heterocycles. The Labute approximate surface area is 103 Å². The molecule has 7 nitrogen and oxygen atoms in total. The van der Waals surface area contributed by atoms with E-state index in [-0.39, 0.29) is 18.1 Å². The maximum atomic E-state index is 11.7. The number of aromatic carboxylic acids is 1. The molecule has 2 rings (SSSR count). The monoisotopic (exact) mass is 252 g/mol. The Morgan fingerprint density at radius 3 is 2.89 bits per heavy atom. The van der Waals surface area contributed by atoms with Gasteiger partial charge in [0.2, 0.25) is 0 Å². The van der Waals surface area contributed by atoms with Crippen LogP contribution in [0.5, 0.6) is 0 Å². The predicted octanol–water partition coefficient (Wildman–Crippen LogP) is 0.134. The average Bonchev–Trinajstić information content (AvgIpc) is 2.40. The van der Waals surface area contributed by atoms with E-state index >= 15 is 0 Å². The van der Waals surface area contributed by atoms with Crippen molar-refractivity contribution >= 4 is 17.7 Å². The van der Waals surface area contributed by atoms with E-state index in [1.807, 2.05) is 0 Å². The summed E-state index contributed by atoms with van der Waals surface area (Å²) in [5.41, 5.74) is -0.131. The molecule has 0 bridgehead atoms. The molecule has 1 saturated heterocycles. The summed E-state index contributed by atoms with van der Waals surface area (Å²) in [6.07, 6.45) is -0.686. The van der Waals surface area contributed by atoms with Crippen LogP contribution >= 0.6 is 0 Å². The molecular formula is C11H12N2O5. The number of hydrogen-bond donors (Lipinski definition) is 2. The Morgan fingerprint density at radius 1 is 1.39 bits per heavy atom. The van der Waals surface area contributed by atoms with Gasteiger partial charge in [0.15, 0.2) is 11.8 Å². The van der Waals surface area contributed by atoms with Gasteiger partial charge in [0, 0.05) is 0 Å². The highest BCUT2D eigenvalue weighted by atomic mass is 16.6. The van der Waals surface area contributed by atoms with Crippen molar-refractivity contribution in [3.05, 3.63) is 23.9 Å². The summed E-state index contributed by atoms with van der Waals surface area (Å²) in [5.74, 6) is -1.37. The minimum atomic E-state index is -1.15. The second-order valence-electron chi connectivity index (χ2n) is 3.64. The summed E-state index contributed by atoms with van der Waals surface area (Å²) in [7, 11) is 0. The van der Waals surface area contributed by atoms with Gasteiger partial charge < -0.3 is 19.9 Å². The van der Waals surface area contributed by atoms with Gasteiger partial charge in [-0.3, -0.25) is 4.79 Å². The predicted molar refractivity (Wildman–Crippen MR) is 60.4 cm³/mol. The molecule has 2 N–H and O–H groups in total. The number of carbonyl (C=O) groups is 2. The average molecular weight is 252 g/mol. The standard InChI is InChI=1S/C11H12N2O5/c14-10(8-6-17-4-5-18-8)13-9-3-1-2-7(12-9)11(15)16/h1-3,8H,4-6H2,(H,15,16)(H,12,13,14). The summed E-state index contributed by atoms with van der Waals surface area (Å²) in [6, 6.07) is 4.36. The van der Waals surface area contributed by atoms with Crippen LogP contribution in [0.3, 0.4) is 0 Å². The van der Waals surface area contributed by atoms with E-state index in [0.29, 0.717) is 13.2 Å². The normalized spacial score (nSPS) is 19.2. The molecule has 2 heterocycles. The van der Waals surface area contributed by atoms with Gasteiger partial charge in [0.1, 0.15) is 5.82 Å². The van der Waals surface area contributed by atoms with Gasteiger partial charge in [-0.2, -0.15) is 0 Å². The summed E-state index contributed by atoms with van der Waals surface area (Å²) in [4.78, 5) is 26.2. The lowest BCUT2D eigenvalue weighted by atomic mass is 10.3. The zero-order valence-electron chi connectivity index (χ0n) is 9.46. The Balaban J connectivity index is 2.02. The molecule has 96 valence electrons. The molecule has 1 aliphatic rings. The summed E-state index contributed by atoms with van der Waals surface area (Å²) in [5, 5.41) is 11.3. The Hall–Kier alpha value is -1.99. The van der Waals surface area contributed by atoms with Crippen molar-refractivity contribution in [3.63, 3.8) is 0 Å². The van der Waals surface area contributed by atoms with E-state index in [4.69, 9.17) is 14.6 Å². The highest BCUT2D eigenvalue weighted by Gasteiger charge is 2.23. The van der Waals surface area contributed by atoms with Crippen molar-refractivity contribution < 1.29 is 24.2 Å². The van der Waals surface area contributed by atoms with Crippen molar-refractivity contribution in [2.75, 3.05) is 25.1 Å². The van der Waals surface area contributed by atoms with Gasteiger partial charge in [-0.15, -0.1) is 0 Å². The topological polar surface area (TPSA) is 97.8 Å². The zero-order chi connectivity index (χ0) is 13.0. The highest BCUT2D eigenvalue weighted by molar-refractivity contribution is 5.94. The van der Waals surface area contributed by atoms with Crippen molar-refractivity contribution in [1.82, 2.24) is 4.98 Å². The number of nitrogens with zero attached hydrogens (tertiary/aromatic N) is 1. The van der Waals surface area contributed by atoms with Gasteiger partial charge in [-0.25, -0.2) is 9.78 Å². The number of carbonyl (C=O) groups excluding carboxylic acids is 1. The number of amides is 1. The van der Waals surface area contributed by atoms with E-state index < -0.39 is 18.0 Å². The first-order valence-corrected chi connectivity index (χ1v) is 5.37. The second kappa shape index (κ2) is 5.56. The number of anilines is 1. The molecular weight excluding hydrogens is 240 g/mol. The minimum absolute atomic E-state index is 0.131. The summed E-state index contributed by atoms with van der Waals surface area (Å²) >= 11 is 0. The summed E-state index contributed by atoms with van der Waals surface area (Å²) in [6.45, 7) is 1.02. The maximum Gasteiger partial charge on any atom is 0.354 e. The van der Waals surface area contributed by atoms with Crippen LogP contribution in [-0.2, 0) is 14.3 Å². The van der Waals surface area contributed by atoms with E-state index in [1.165, 1.54) is 18.2 Å². The number of nitrogens with one attached hydrogen (secondary N) is 1. The number of carboxylic acids is 1. The lowest BCUT2D eigenvalue weighted by Crippen LogP contribution is -2.39. The van der Waals surface area contributed by atoms with Crippen molar-refractivity contribution in [2.45, 2.75) is 6.10 Å². The molecule has 1 atom stereocenters. The van der Waals surface area contributed by atoms with Crippen LogP contribution in [-0.4, -0.2) is 47.9 Å². The third kappa shape index (κ3) is 3.02. The molecule has 0 radical (unpaired) electrons. The zero-order valence-corrected chi connectivity index (χ0v) is 9.46. The number of carboxylic acid groups (broad SMARTS) is 1. The van der Waals surface area contributed by atoms with Gasteiger partial charge in [-0.1, -0.05) is 6.07 Å². The molecule has 18 heavy (non-hydrogen) atoms. The van der Waals surface area contributed by atoms with Crippen LogP contribution in [0.4, 0.5) is 5.82 Å². The van der Waals surface area contributed by atoms with Crippen LogP contribution in [0.1, 0.15) is 10.5 Å². The largest absolute Gasteiger partial charge is 0.477 e. The van der Waals surface area contributed by atoms with Gasteiger partial charge >= 0.3 is 5.97 Å². The van der Waals surface area contributed by atoms with Crippen LogP contribution in [0.25, 0.3) is 0 Å². The lowest BCUT2D eigenvalue weighted by molar-refractivity contribution is -0.142. The van der Waals surface area contributed by atoms with Crippen LogP contribution < -0.4 is 5.32 Å². The molecule has 0 saturated carbocycles. The Kier molecular flexibility index (Phi) is 3.85. The molecule has 0 spiro atoms. The van der Waals surface area contributed by atoms with Crippen LogP contribution in [0.2, 0.25) is 0 Å². The number of ether oxygens (including phenoxy) is 2. The van der Waals surface area contributed by atoms with Crippen molar-refractivity contribution in [3.8, 4) is 0 Å². The number of hydrogen-bond acceptors (Lipinski definition) is 5. The molecule has 1 fully saturated rings. The smallest absolute Gasteiger partial charge is 0.354 e. The molecule has 0 aromatic carbocycles. The first kappa shape index (κ1) is 12.5. The molecule has 1 aliphatic heterocycles. The van der Waals surface area contributed by atoms with Crippen LogP contribution in [0.15, 0.2) is 18.2 Å².